The van der Waals surface area contributed by atoms with Crippen LogP contribution < -0.4 is 0 Å². The van der Waals surface area contributed by atoms with Crippen molar-refractivity contribution in [3.63, 3.8) is 0 Å². The summed E-state index contributed by atoms with van der Waals surface area (Å²) in [6, 6.07) is 0. The molecule has 0 heterocycles. The van der Waals surface area contributed by atoms with Crippen molar-refractivity contribution in [3.05, 3.63) is 36.5 Å². The zero-order valence-corrected chi connectivity index (χ0v) is 22.9. The van der Waals surface area contributed by atoms with E-state index in [1.807, 2.05) is 0 Å². The largest absolute Gasteiger partial charge is 0.393 e. The van der Waals surface area contributed by atoms with Crippen LogP contribution in [0, 0.1) is 5.92 Å². The van der Waals surface area contributed by atoms with Gasteiger partial charge in [-0.05, 0) is 95.8 Å². The van der Waals surface area contributed by atoms with E-state index in [4.69, 9.17) is 0 Å². The van der Waals surface area contributed by atoms with Crippen molar-refractivity contribution in [2.24, 2.45) is 5.92 Å². The summed E-state index contributed by atoms with van der Waals surface area (Å²) in [7, 11) is 0. The third-order valence-electron chi connectivity index (χ3n) is 6.74. The lowest BCUT2D eigenvalue weighted by atomic mass is 9.88. The van der Waals surface area contributed by atoms with Gasteiger partial charge in [0.05, 0.1) is 6.10 Å². The standard InChI is InChI=1S/C32H60O/c1-4-7-10-13-16-18-21-23-26-29-31(28-25-22-20-17-14-11-8-5-2)32(33)30-27-24-19-15-12-9-6-3/h17-21,24,31-33H,4-16,22-23,25-30H2,1-3H3. The molecule has 0 aliphatic rings. The molecular formula is C32H60O. The molecule has 0 saturated heterocycles. The van der Waals surface area contributed by atoms with Gasteiger partial charge < -0.3 is 5.11 Å². The van der Waals surface area contributed by atoms with E-state index < -0.39 is 0 Å². The molecule has 0 saturated carbocycles. The average Bonchev–Trinajstić information content (AvgIpc) is 2.82. The van der Waals surface area contributed by atoms with Crippen LogP contribution in [0.5, 0.6) is 0 Å². The molecule has 0 spiro atoms. The van der Waals surface area contributed by atoms with Gasteiger partial charge >= 0.3 is 0 Å². The highest BCUT2D eigenvalue weighted by Gasteiger charge is 2.17. The van der Waals surface area contributed by atoms with Gasteiger partial charge in [0.15, 0.2) is 0 Å². The first kappa shape index (κ1) is 32.2. The molecule has 0 amide bonds. The van der Waals surface area contributed by atoms with Gasteiger partial charge in [-0.1, -0.05) is 102 Å². The fourth-order valence-electron chi connectivity index (χ4n) is 4.45. The predicted molar refractivity (Wildman–Crippen MR) is 151 cm³/mol. The third-order valence-corrected chi connectivity index (χ3v) is 6.74. The summed E-state index contributed by atoms with van der Waals surface area (Å²) in [4.78, 5) is 0. The van der Waals surface area contributed by atoms with Gasteiger partial charge in [0.2, 0.25) is 0 Å². The lowest BCUT2D eigenvalue weighted by Crippen LogP contribution is -2.20. The molecule has 1 heteroatoms. The number of rotatable bonds is 25. The van der Waals surface area contributed by atoms with E-state index in [9.17, 15) is 5.11 Å². The molecule has 2 atom stereocenters. The highest BCUT2D eigenvalue weighted by atomic mass is 16.3. The molecule has 2 unspecified atom stereocenters. The van der Waals surface area contributed by atoms with Gasteiger partial charge in [0.1, 0.15) is 0 Å². The lowest BCUT2D eigenvalue weighted by molar-refractivity contribution is 0.0877. The maximum absolute atomic E-state index is 10.9. The van der Waals surface area contributed by atoms with E-state index >= 15 is 0 Å². The van der Waals surface area contributed by atoms with Crippen molar-refractivity contribution in [3.8, 4) is 0 Å². The summed E-state index contributed by atoms with van der Waals surface area (Å²) in [5.41, 5.74) is 0. The Morgan fingerprint density at radius 2 is 0.788 bits per heavy atom. The zero-order valence-electron chi connectivity index (χ0n) is 22.9. The topological polar surface area (TPSA) is 20.2 Å². The lowest BCUT2D eigenvalue weighted by Gasteiger charge is -2.22. The molecule has 0 aromatic carbocycles. The smallest absolute Gasteiger partial charge is 0.0571 e. The van der Waals surface area contributed by atoms with Crippen LogP contribution >= 0.6 is 0 Å². The Labute approximate surface area is 209 Å². The Morgan fingerprint density at radius 3 is 1.24 bits per heavy atom. The first-order valence-electron chi connectivity index (χ1n) is 14.9. The van der Waals surface area contributed by atoms with E-state index in [1.165, 1.54) is 122 Å². The van der Waals surface area contributed by atoms with Crippen molar-refractivity contribution >= 4 is 0 Å². The summed E-state index contributed by atoms with van der Waals surface area (Å²) in [5.74, 6) is 0.463. The second-order valence-electron chi connectivity index (χ2n) is 10.0. The number of unbranched alkanes of at least 4 members (excludes halogenated alkanes) is 12. The number of allylic oxidation sites excluding steroid dienone is 6. The Balaban J connectivity index is 4.26. The number of aliphatic hydroxyl groups is 1. The molecule has 1 nitrogen and oxygen atoms in total. The maximum atomic E-state index is 10.9. The molecule has 1 N–H and O–H groups in total. The minimum absolute atomic E-state index is 0.142. The van der Waals surface area contributed by atoms with E-state index in [0.717, 1.165) is 12.8 Å². The van der Waals surface area contributed by atoms with Crippen molar-refractivity contribution in [2.75, 3.05) is 0 Å². The van der Waals surface area contributed by atoms with Crippen LogP contribution in [0.2, 0.25) is 0 Å². The van der Waals surface area contributed by atoms with Crippen LogP contribution in [0.3, 0.4) is 0 Å². The third kappa shape index (κ3) is 24.1. The van der Waals surface area contributed by atoms with E-state index in [1.54, 1.807) is 0 Å². The molecule has 0 radical (unpaired) electrons. The van der Waals surface area contributed by atoms with Crippen LogP contribution in [0.15, 0.2) is 36.5 Å². The van der Waals surface area contributed by atoms with Crippen LogP contribution in [0.4, 0.5) is 0 Å². The molecule has 0 aliphatic carbocycles. The molecular weight excluding hydrogens is 400 g/mol. The molecule has 0 bridgehead atoms. The first-order valence-corrected chi connectivity index (χ1v) is 14.9. The average molecular weight is 461 g/mol. The Morgan fingerprint density at radius 1 is 0.424 bits per heavy atom. The minimum Gasteiger partial charge on any atom is -0.393 e. The Hall–Kier alpha value is -0.820. The van der Waals surface area contributed by atoms with Gasteiger partial charge in [0.25, 0.3) is 0 Å². The summed E-state index contributed by atoms with van der Waals surface area (Å²) < 4.78 is 0. The fourth-order valence-corrected chi connectivity index (χ4v) is 4.45. The first-order chi connectivity index (χ1) is 16.3. The van der Waals surface area contributed by atoms with Crippen LogP contribution in [-0.2, 0) is 0 Å². The van der Waals surface area contributed by atoms with Gasteiger partial charge in [-0.2, -0.15) is 0 Å². The van der Waals surface area contributed by atoms with Crippen molar-refractivity contribution in [2.45, 2.75) is 162 Å². The second-order valence-corrected chi connectivity index (χ2v) is 10.0. The Kier molecular flexibility index (Phi) is 26.7. The molecule has 0 aliphatic heterocycles. The molecule has 0 aromatic rings. The fraction of sp³-hybridized carbons (Fsp3) is 0.812. The summed E-state index contributed by atoms with van der Waals surface area (Å²) in [6.45, 7) is 6.79. The number of hydrogen-bond acceptors (Lipinski definition) is 1. The van der Waals surface area contributed by atoms with E-state index in [-0.39, 0.29) is 6.10 Å². The highest BCUT2D eigenvalue weighted by Crippen LogP contribution is 2.23. The normalized spacial score (nSPS) is 14.2. The van der Waals surface area contributed by atoms with Crippen molar-refractivity contribution < 1.29 is 5.11 Å². The summed E-state index contributed by atoms with van der Waals surface area (Å²) in [6.07, 6.45) is 40.0. The molecule has 33 heavy (non-hydrogen) atoms. The van der Waals surface area contributed by atoms with Crippen molar-refractivity contribution in [1.29, 1.82) is 0 Å². The SMILES string of the molecule is CCCCCC=CCCCC(CCCC=CCCCCCC)C(O)CCC=CCCCCC. The second kappa shape index (κ2) is 27.4. The van der Waals surface area contributed by atoms with Crippen LogP contribution in [0.25, 0.3) is 0 Å². The summed E-state index contributed by atoms with van der Waals surface area (Å²) in [5, 5.41) is 10.9. The highest BCUT2D eigenvalue weighted by molar-refractivity contribution is 4.86. The van der Waals surface area contributed by atoms with Gasteiger partial charge in [0, 0.05) is 0 Å². The summed E-state index contributed by atoms with van der Waals surface area (Å²) >= 11 is 0. The van der Waals surface area contributed by atoms with Gasteiger partial charge in [-0.3, -0.25) is 0 Å². The van der Waals surface area contributed by atoms with Gasteiger partial charge in [-0.15, -0.1) is 0 Å². The van der Waals surface area contributed by atoms with Crippen molar-refractivity contribution in [1.82, 2.24) is 0 Å². The molecule has 0 fully saturated rings. The Bertz CT molecular complexity index is 447. The molecule has 0 aromatic heterocycles. The zero-order chi connectivity index (χ0) is 24.2. The van der Waals surface area contributed by atoms with E-state index in [2.05, 4.69) is 57.2 Å². The minimum atomic E-state index is -0.142. The van der Waals surface area contributed by atoms with Crippen LogP contribution in [0.1, 0.15) is 156 Å². The van der Waals surface area contributed by atoms with E-state index in [0.29, 0.717) is 5.92 Å². The maximum Gasteiger partial charge on any atom is 0.0571 e. The molecule has 0 rings (SSSR count). The monoisotopic (exact) mass is 460 g/mol. The van der Waals surface area contributed by atoms with Crippen LogP contribution in [-0.4, -0.2) is 11.2 Å². The number of hydrogen-bond donors (Lipinski definition) is 1. The van der Waals surface area contributed by atoms with Gasteiger partial charge in [-0.25, -0.2) is 0 Å². The molecule has 194 valence electrons. The predicted octanol–water partition coefficient (Wildman–Crippen LogP) is 10.9. The quantitative estimate of drug-likeness (QED) is 0.106. The number of aliphatic hydroxyl groups excluding tert-OH is 1.